The van der Waals surface area contributed by atoms with Crippen LogP contribution in [0.4, 0.5) is 0 Å². The highest BCUT2D eigenvalue weighted by atomic mass is 16.5. The highest BCUT2D eigenvalue weighted by molar-refractivity contribution is 5.88. The third kappa shape index (κ3) is 5.89. The number of piperazine rings is 2. The zero-order chi connectivity index (χ0) is 23.2. The summed E-state index contributed by atoms with van der Waals surface area (Å²) < 4.78 is 5.35. The van der Waals surface area contributed by atoms with Gasteiger partial charge in [-0.15, -0.1) is 0 Å². The van der Waals surface area contributed by atoms with Gasteiger partial charge in [0, 0.05) is 58.6 Å². The molecule has 0 unspecified atom stereocenters. The number of amides is 2. The van der Waals surface area contributed by atoms with Crippen LogP contribution < -0.4 is 10.1 Å². The fourth-order valence-electron chi connectivity index (χ4n) is 4.62. The number of carbonyl (C=O) groups excluding carboxylic acids is 2. The fraction of sp³-hybridized carbons (Fsp3) is 0.480. The molecule has 1 aromatic carbocycles. The van der Waals surface area contributed by atoms with Gasteiger partial charge < -0.3 is 15.0 Å². The molecule has 0 bridgehead atoms. The predicted molar refractivity (Wildman–Crippen MR) is 126 cm³/mol. The van der Waals surface area contributed by atoms with Crippen molar-refractivity contribution >= 4 is 11.8 Å². The second-order valence-electron chi connectivity index (χ2n) is 8.76. The molecule has 2 aliphatic heterocycles. The molecule has 1 atom stereocenters. The van der Waals surface area contributed by atoms with Gasteiger partial charge in [0.05, 0.1) is 25.3 Å². The predicted octanol–water partition coefficient (Wildman–Crippen LogP) is 1.43. The molecule has 0 spiro atoms. The number of pyridine rings is 1. The molecule has 1 aromatic heterocycles. The number of rotatable bonds is 7. The van der Waals surface area contributed by atoms with Crippen LogP contribution in [0, 0.1) is 6.92 Å². The van der Waals surface area contributed by atoms with Gasteiger partial charge >= 0.3 is 0 Å². The van der Waals surface area contributed by atoms with Gasteiger partial charge in [-0.2, -0.15) is 0 Å². The molecule has 0 aliphatic carbocycles. The van der Waals surface area contributed by atoms with Gasteiger partial charge in [-0.05, 0) is 36.2 Å². The van der Waals surface area contributed by atoms with Crippen LogP contribution in [-0.4, -0.2) is 83.9 Å². The Morgan fingerprint density at radius 1 is 1.12 bits per heavy atom. The summed E-state index contributed by atoms with van der Waals surface area (Å²) in [6, 6.07) is 11.6. The number of aryl methyl sites for hydroxylation is 1. The maximum Gasteiger partial charge on any atom is 0.237 e. The molecule has 2 aliphatic rings. The van der Waals surface area contributed by atoms with E-state index in [9.17, 15) is 9.59 Å². The normalized spacial score (nSPS) is 19.9. The lowest BCUT2D eigenvalue weighted by molar-refractivity contribution is -0.140. The Kier molecular flexibility index (Phi) is 7.57. The number of hydrogen-bond acceptors (Lipinski definition) is 6. The lowest BCUT2D eigenvalue weighted by Crippen LogP contribution is -2.57. The summed E-state index contributed by atoms with van der Waals surface area (Å²) in [5.74, 6) is 0.836. The van der Waals surface area contributed by atoms with Gasteiger partial charge in [0.2, 0.25) is 11.8 Å². The molecular formula is C25H33N5O3. The second kappa shape index (κ2) is 10.8. The number of hydrogen-bond donors (Lipinski definition) is 1. The number of aromatic nitrogens is 1. The van der Waals surface area contributed by atoms with Crippen molar-refractivity contribution in [2.45, 2.75) is 32.5 Å². The molecule has 0 radical (unpaired) electrons. The SMILES string of the molecule is COc1ccc(CN2CCNC(=O)[C@H]2CC(=O)N2CCN(Cc3ccccn3)CC2)cc1C. The van der Waals surface area contributed by atoms with Crippen LogP contribution >= 0.6 is 0 Å². The zero-order valence-corrected chi connectivity index (χ0v) is 19.5. The van der Waals surface area contributed by atoms with Gasteiger partial charge in [0.15, 0.2) is 0 Å². The number of ether oxygens (including phenoxy) is 1. The van der Waals surface area contributed by atoms with Crippen LogP contribution in [0.1, 0.15) is 23.2 Å². The first kappa shape index (κ1) is 23.2. The van der Waals surface area contributed by atoms with Crippen molar-refractivity contribution in [3.8, 4) is 5.75 Å². The molecule has 176 valence electrons. The molecule has 2 saturated heterocycles. The van der Waals surface area contributed by atoms with Crippen LogP contribution in [0.2, 0.25) is 0 Å². The van der Waals surface area contributed by atoms with E-state index in [2.05, 4.69) is 26.2 Å². The summed E-state index contributed by atoms with van der Waals surface area (Å²) in [5, 5.41) is 2.93. The quantitative estimate of drug-likeness (QED) is 0.686. The Morgan fingerprint density at radius 2 is 1.94 bits per heavy atom. The van der Waals surface area contributed by atoms with Crippen molar-refractivity contribution in [2.24, 2.45) is 0 Å². The van der Waals surface area contributed by atoms with E-state index in [1.54, 1.807) is 7.11 Å². The lowest BCUT2D eigenvalue weighted by Gasteiger charge is -2.38. The van der Waals surface area contributed by atoms with Crippen molar-refractivity contribution < 1.29 is 14.3 Å². The molecule has 2 fully saturated rings. The van der Waals surface area contributed by atoms with E-state index in [1.807, 2.05) is 48.4 Å². The highest BCUT2D eigenvalue weighted by Gasteiger charge is 2.33. The van der Waals surface area contributed by atoms with E-state index >= 15 is 0 Å². The van der Waals surface area contributed by atoms with E-state index in [0.717, 1.165) is 48.7 Å². The van der Waals surface area contributed by atoms with Gasteiger partial charge in [0.25, 0.3) is 0 Å². The molecule has 2 amide bonds. The smallest absolute Gasteiger partial charge is 0.237 e. The van der Waals surface area contributed by atoms with Crippen molar-refractivity contribution in [3.63, 3.8) is 0 Å². The largest absolute Gasteiger partial charge is 0.496 e. The van der Waals surface area contributed by atoms with Gasteiger partial charge in [-0.25, -0.2) is 0 Å². The molecule has 33 heavy (non-hydrogen) atoms. The first-order chi connectivity index (χ1) is 16.0. The first-order valence-corrected chi connectivity index (χ1v) is 11.6. The summed E-state index contributed by atoms with van der Waals surface area (Å²) >= 11 is 0. The maximum absolute atomic E-state index is 13.1. The average molecular weight is 452 g/mol. The Morgan fingerprint density at radius 3 is 2.64 bits per heavy atom. The average Bonchev–Trinajstić information content (AvgIpc) is 2.82. The van der Waals surface area contributed by atoms with E-state index in [0.29, 0.717) is 26.2 Å². The molecule has 8 nitrogen and oxygen atoms in total. The second-order valence-corrected chi connectivity index (χ2v) is 8.76. The van der Waals surface area contributed by atoms with Crippen LogP contribution in [0.5, 0.6) is 5.75 Å². The minimum Gasteiger partial charge on any atom is -0.496 e. The Balaban J connectivity index is 1.33. The van der Waals surface area contributed by atoms with Crippen molar-refractivity contribution in [1.29, 1.82) is 0 Å². The Hall–Kier alpha value is -2.97. The van der Waals surface area contributed by atoms with Crippen molar-refractivity contribution in [1.82, 2.24) is 25.0 Å². The van der Waals surface area contributed by atoms with Gasteiger partial charge in [-0.1, -0.05) is 18.2 Å². The number of carbonyl (C=O) groups is 2. The summed E-state index contributed by atoms with van der Waals surface area (Å²) in [7, 11) is 1.66. The van der Waals surface area contributed by atoms with Crippen LogP contribution in [0.25, 0.3) is 0 Å². The van der Waals surface area contributed by atoms with Gasteiger partial charge in [-0.3, -0.25) is 24.4 Å². The van der Waals surface area contributed by atoms with Crippen LogP contribution in [0.3, 0.4) is 0 Å². The molecule has 0 saturated carbocycles. The van der Waals surface area contributed by atoms with E-state index in [-0.39, 0.29) is 18.2 Å². The third-order valence-electron chi connectivity index (χ3n) is 6.49. The minimum atomic E-state index is -0.444. The number of nitrogens with one attached hydrogen (secondary N) is 1. The fourth-order valence-corrected chi connectivity index (χ4v) is 4.62. The number of nitrogens with zero attached hydrogens (tertiary/aromatic N) is 4. The number of methoxy groups -OCH3 is 1. The van der Waals surface area contributed by atoms with Crippen LogP contribution in [0.15, 0.2) is 42.6 Å². The standard InChI is InChI=1S/C25H33N5O3/c1-19-15-20(6-7-23(19)33-2)17-30-10-9-27-25(32)22(30)16-24(31)29-13-11-28(12-14-29)18-21-5-3-4-8-26-21/h3-8,15,22H,9-14,16-18H2,1-2H3,(H,27,32)/t22-/m1/s1. The first-order valence-electron chi connectivity index (χ1n) is 11.6. The van der Waals surface area contributed by atoms with Crippen molar-refractivity contribution in [2.75, 3.05) is 46.4 Å². The Bertz CT molecular complexity index is 960. The monoisotopic (exact) mass is 451 g/mol. The maximum atomic E-state index is 13.1. The number of benzene rings is 1. The highest BCUT2D eigenvalue weighted by Crippen LogP contribution is 2.21. The molecule has 3 heterocycles. The summed E-state index contributed by atoms with van der Waals surface area (Å²) in [6.07, 6.45) is 2.02. The third-order valence-corrected chi connectivity index (χ3v) is 6.49. The van der Waals surface area contributed by atoms with Crippen molar-refractivity contribution in [3.05, 3.63) is 59.4 Å². The molecule has 2 aromatic rings. The Labute approximate surface area is 195 Å². The molecule has 8 heteroatoms. The zero-order valence-electron chi connectivity index (χ0n) is 19.5. The van der Waals surface area contributed by atoms with Crippen LogP contribution in [-0.2, 0) is 22.7 Å². The minimum absolute atomic E-state index is 0.0467. The van der Waals surface area contributed by atoms with Gasteiger partial charge in [0.1, 0.15) is 5.75 Å². The molecular weight excluding hydrogens is 418 g/mol. The molecule has 4 rings (SSSR count). The molecule has 1 N–H and O–H groups in total. The van der Waals surface area contributed by atoms with E-state index in [1.165, 1.54) is 0 Å². The topological polar surface area (TPSA) is 78.0 Å². The lowest BCUT2D eigenvalue weighted by atomic mass is 10.0. The van der Waals surface area contributed by atoms with E-state index < -0.39 is 6.04 Å². The summed E-state index contributed by atoms with van der Waals surface area (Å²) in [4.78, 5) is 36.5. The summed E-state index contributed by atoms with van der Waals surface area (Å²) in [5.41, 5.74) is 3.22. The summed E-state index contributed by atoms with van der Waals surface area (Å²) in [6.45, 7) is 7.76. The van der Waals surface area contributed by atoms with E-state index in [4.69, 9.17) is 4.74 Å².